The Kier molecular flexibility index (Phi) is 6.85. The molecule has 9 aromatic carbocycles. The number of hydrogen-bond donors (Lipinski definition) is 0. The lowest BCUT2D eigenvalue weighted by Crippen LogP contribution is -1.97. The first-order valence-electron chi connectivity index (χ1n) is 17.4. The average molecular weight is 649 g/mol. The van der Waals surface area contributed by atoms with Crippen LogP contribution in [0.1, 0.15) is 0 Å². The van der Waals surface area contributed by atoms with Gasteiger partial charge >= 0.3 is 0 Å². The molecule has 2 heteroatoms. The second-order valence-corrected chi connectivity index (χ2v) is 13.3. The molecule has 0 saturated heterocycles. The van der Waals surface area contributed by atoms with E-state index in [-0.39, 0.29) is 0 Å². The smallest absolute Gasteiger partial charge is 0.145 e. The first-order valence-corrected chi connectivity index (χ1v) is 17.4. The molecule has 0 N–H and O–H groups in total. The SMILES string of the molecule is c1ccc2cc(-c3ccc(-c4nc5cc(-c6ccc7ccccc7c6)ccc5n4-c4ccc(-c5ccc6ccccc6c5)cc4)cc3)ccc2c1. The monoisotopic (exact) mass is 648 g/mol. The molecule has 0 bridgehead atoms. The van der Waals surface area contributed by atoms with Gasteiger partial charge in [-0.25, -0.2) is 4.98 Å². The van der Waals surface area contributed by atoms with E-state index in [1.165, 1.54) is 60.1 Å². The second-order valence-electron chi connectivity index (χ2n) is 13.3. The first kappa shape index (κ1) is 29.2. The third-order valence-electron chi connectivity index (χ3n) is 10.2. The summed E-state index contributed by atoms with van der Waals surface area (Å²) in [6, 6.07) is 70.0. The molecule has 10 aromatic rings. The molecule has 0 fully saturated rings. The molecule has 0 amide bonds. The number of hydrogen-bond acceptors (Lipinski definition) is 1. The number of rotatable bonds is 5. The van der Waals surface area contributed by atoms with Gasteiger partial charge in [0.2, 0.25) is 0 Å². The van der Waals surface area contributed by atoms with Gasteiger partial charge in [0, 0.05) is 11.3 Å². The Morgan fingerprint density at radius 2 is 0.667 bits per heavy atom. The summed E-state index contributed by atoms with van der Waals surface area (Å²) in [5.74, 6) is 0.921. The standard InChI is InChI=1S/C49H32N2/c1-4-10-39-29-42(20-15-33(39)7-1)36-13-18-38(19-14-36)49-50-47-32-45(44-22-17-35-9-3-6-12-41(35)31-44)25-28-48(47)51(49)46-26-23-37(24-27-46)43-21-16-34-8-2-5-11-40(34)30-43/h1-32H. The highest BCUT2D eigenvalue weighted by Crippen LogP contribution is 2.35. The first-order chi connectivity index (χ1) is 25.2. The molecule has 0 radical (unpaired) electrons. The molecule has 1 heterocycles. The van der Waals surface area contributed by atoms with Gasteiger partial charge in [-0.15, -0.1) is 0 Å². The molecule has 0 aliphatic heterocycles. The molecule has 2 nitrogen and oxygen atoms in total. The minimum Gasteiger partial charge on any atom is -0.292 e. The zero-order valence-electron chi connectivity index (χ0n) is 27.9. The Morgan fingerprint density at radius 3 is 1.18 bits per heavy atom. The average Bonchev–Trinajstić information content (AvgIpc) is 3.59. The number of imidazole rings is 1. The molecule has 0 aliphatic rings. The zero-order chi connectivity index (χ0) is 33.7. The summed E-state index contributed by atoms with van der Waals surface area (Å²) in [6.45, 7) is 0. The van der Waals surface area contributed by atoms with Gasteiger partial charge in [-0.1, -0.05) is 152 Å². The lowest BCUT2D eigenvalue weighted by Gasteiger charge is -2.12. The molecule has 1 aromatic heterocycles. The van der Waals surface area contributed by atoms with Crippen LogP contribution in [-0.4, -0.2) is 9.55 Å². The van der Waals surface area contributed by atoms with E-state index >= 15 is 0 Å². The largest absolute Gasteiger partial charge is 0.292 e. The van der Waals surface area contributed by atoms with Gasteiger partial charge < -0.3 is 0 Å². The van der Waals surface area contributed by atoms with Crippen LogP contribution in [0.2, 0.25) is 0 Å². The summed E-state index contributed by atoms with van der Waals surface area (Å²) in [6.07, 6.45) is 0. The normalized spacial score (nSPS) is 11.5. The van der Waals surface area contributed by atoms with Crippen LogP contribution in [0, 0.1) is 0 Å². The van der Waals surface area contributed by atoms with Gasteiger partial charge in [-0.3, -0.25) is 4.57 Å². The van der Waals surface area contributed by atoms with Gasteiger partial charge in [-0.05, 0) is 108 Å². The molecule has 0 unspecified atom stereocenters. The van der Waals surface area contributed by atoms with Gasteiger partial charge in [0.15, 0.2) is 0 Å². The summed E-state index contributed by atoms with van der Waals surface area (Å²) in [5, 5.41) is 7.47. The highest BCUT2D eigenvalue weighted by atomic mass is 15.1. The van der Waals surface area contributed by atoms with E-state index in [1.807, 2.05) is 0 Å². The van der Waals surface area contributed by atoms with Crippen LogP contribution >= 0.6 is 0 Å². The van der Waals surface area contributed by atoms with Crippen LogP contribution < -0.4 is 0 Å². The number of aromatic nitrogens is 2. The van der Waals surface area contributed by atoms with E-state index in [2.05, 4.69) is 199 Å². The molecule has 0 atom stereocenters. The zero-order valence-corrected chi connectivity index (χ0v) is 27.9. The summed E-state index contributed by atoms with van der Waals surface area (Å²) in [7, 11) is 0. The molecule has 0 aliphatic carbocycles. The van der Waals surface area contributed by atoms with Crippen molar-refractivity contribution in [3.63, 3.8) is 0 Å². The van der Waals surface area contributed by atoms with E-state index in [0.29, 0.717) is 0 Å². The number of fused-ring (bicyclic) bond motifs is 4. The van der Waals surface area contributed by atoms with E-state index in [1.54, 1.807) is 0 Å². The predicted octanol–water partition coefficient (Wildman–Crippen LogP) is 13.2. The quantitative estimate of drug-likeness (QED) is 0.182. The minimum atomic E-state index is 0.921. The summed E-state index contributed by atoms with van der Waals surface area (Å²) < 4.78 is 2.30. The topological polar surface area (TPSA) is 17.8 Å². The van der Waals surface area contributed by atoms with Crippen molar-refractivity contribution in [3.8, 4) is 50.5 Å². The van der Waals surface area contributed by atoms with Crippen LogP contribution in [0.5, 0.6) is 0 Å². The predicted molar refractivity (Wildman–Crippen MR) is 215 cm³/mol. The van der Waals surface area contributed by atoms with Crippen molar-refractivity contribution in [2.24, 2.45) is 0 Å². The Hall–Kier alpha value is -6.77. The Morgan fingerprint density at radius 1 is 0.294 bits per heavy atom. The van der Waals surface area contributed by atoms with Crippen molar-refractivity contribution in [1.29, 1.82) is 0 Å². The fourth-order valence-corrected chi connectivity index (χ4v) is 7.44. The van der Waals surface area contributed by atoms with Gasteiger partial charge in [-0.2, -0.15) is 0 Å². The van der Waals surface area contributed by atoms with Gasteiger partial charge in [0.1, 0.15) is 5.82 Å². The van der Waals surface area contributed by atoms with Crippen LogP contribution in [0.15, 0.2) is 194 Å². The van der Waals surface area contributed by atoms with E-state index in [9.17, 15) is 0 Å². The third-order valence-corrected chi connectivity index (χ3v) is 10.2. The molecule has 10 rings (SSSR count). The molecule has 238 valence electrons. The van der Waals surface area contributed by atoms with Crippen LogP contribution in [0.25, 0.3) is 93.8 Å². The van der Waals surface area contributed by atoms with Crippen LogP contribution in [-0.2, 0) is 0 Å². The highest BCUT2D eigenvalue weighted by molar-refractivity contribution is 5.92. The maximum Gasteiger partial charge on any atom is 0.145 e. The lowest BCUT2D eigenvalue weighted by atomic mass is 10.00. The van der Waals surface area contributed by atoms with Crippen molar-refractivity contribution < 1.29 is 0 Å². The fraction of sp³-hybridized carbons (Fsp3) is 0. The Balaban J connectivity index is 1.08. The summed E-state index contributed by atoms with van der Waals surface area (Å²) >= 11 is 0. The van der Waals surface area contributed by atoms with E-state index in [4.69, 9.17) is 4.98 Å². The maximum absolute atomic E-state index is 5.33. The van der Waals surface area contributed by atoms with Crippen molar-refractivity contribution in [1.82, 2.24) is 9.55 Å². The van der Waals surface area contributed by atoms with E-state index < -0.39 is 0 Å². The number of nitrogens with zero attached hydrogens (tertiary/aromatic N) is 2. The molecule has 0 spiro atoms. The van der Waals surface area contributed by atoms with Crippen LogP contribution in [0.3, 0.4) is 0 Å². The fourth-order valence-electron chi connectivity index (χ4n) is 7.44. The van der Waals surface area contributed by atoms with Gasteiger partial charge in [0.25, 0.3) is 0 Å². The number of benzene rings is 9. The summed E-state index contributed by atoms with van der Waals surface area (Å²) in [5.41, 5.74) is 11.3. The van der Waals surface area contributed by atoms with Crippen molar-refractivity contribution in [2.75, 3.05) is 0 Å². The Labute approximate surface area is 296 Å². The minimum absolute atomic E-state index is 0.921. The summed E-state index contributed by atoms with van der Waals surface area (Å²) in [4.78, 5) is 5.33. The molecule has 0 saturated carbocycles. The maximum atomic E-state index is 5.33. The van der Waals surface area contributed by atoms with Crippen molar-refractivity contribution >= 4 is 43.4 Å². The molecular formula is C49H32N2. The van der Waals surface area contributed by atoms with Crippen molar-refractivity contribution in [2.45, 2.75) is 0 Å². The second kappa shape index (κ2) is 12.0. The van der Waals surface area contributed by atoms with Gasteiger partial charge in [0.05, 0.1) is 11.0 Å². The van der Waals surface area contributed by atoms with Crippen molar-refractivity contribution in [3.05, 3.63) is 194 Å². The van der Waals surface area contributed by atoms with Crippen LogP contribution in [0.4, 0.5) is 0 Å². The Bertz CT molecular complexity index is 2900. The lowest BCUT2D eigenvalue weighted by molar-refractivity contribution is 1.10. The third kappa shape index (κ3) is 5.26. The highest BCUT2D eigenvalue weighted by Gasteiger charge is 2.16. The van der Waals surface area contributed by atoms with E-state index in [0.717, 1.165) is 33.7 Å². The molecule has 51 heavy (non-hydrogen) atoms. The molecular weight excluding hydrogens is 617 g/mol.